The molecule has 0 radical (unpaired) electrons. The number of aromatic nitrogens is 2. The molecular weight excluding hydrogens is 302 g/mol. The maximum absolute atomic E-state index is 14.2. The Kier molecular flexibility index (Phi) is 3.91. The first-order valence-corrected chi connectivity index (χ1v) is 8.43. The Morgan fingerprint density at radius 2 is 2.20 bits per heavy atom. The van der Waals surface area contributed by atoms with Gasteiger partial charge in [-0.25, -0.2) is 13.8 Å². The van der Waals surface area contributed by atoms with Crippen molar-refractivity contribution in [3.8, 4) is 0 Å². The van der Waals surface area contributed by atoms with Crippen molar-refractivity contribution >= 4 is 34.4 Å². The van der Waals surface area contributed by atoms with E-state index in [1.54, 1.807) is 11.8 Å². The Morgan fingerprint density at radius 1 is 1.40 bits per heavy atom. The van der Waals surface area contributed by atoms with Crippen LogP contribution in [-0.2, 0) is 5.88 Å². The summed E-state index contributed by atoms with van der Waals surface area (Å²) in [4.78, 5) is 4.36. The molecule has 108 valence electrons. The van der Waals surface area contributed by atoms with E-state index in [1.165, 1.54) is 6.07 Å². The van der Waals surface area contributed by atoms with E-state index in [2.05, 4.69) is 11.2 Å². The second-order valence-corrected chi connectivity index (χ2v) is 6.38. The van der Waals surface area contributed by atoms with Gasteiger partial charge >= 0.3 is 0 Å². The fraction of sp³-hybridized carbons (Fsp3) is 0.500. The molecule has 2 unspecified atom stereocenters. The van der Waals surface area contributed by atoms with E-state index in [9.17, 15) is 8.78 Å². The third kappa shape index (κ3) is 2.11. The molecule has 2 aromatic rings. The summed E-state index contributed by atoms with van der Waals surface area (Å²) in [5, 5.41) is 0.400. The number of fused-ring (bicyclic) bond motifs is 1. The summed E-state index contributed by atoms with van der Waals surface area (Å²) < 4.78 is 29.6. The molecule has 2 atom stereocenters. The molecule has 1 aliphatic rings. The number of rotatable bonds is 3. The number of nitrogens with zero attached hydrogens (tertiary/aromatic N) is 2. The minimum atomic E-state index is -0.835. The van der Waals surface area contributed by atoms with Crippen molar-refractivity contribution in [1.82, 2.24) is 9.55 Å². The van der Waals surface area contributed by atoms with E-state index in [4.69, 9.17) is 11.6 Å². The van der Waals surface area contributed by atoms with Crippen LogP contribution < -0.4 is 0 Å². The van der Waals surface area contributed by atoms with Gasteiger partial charge in [-0.05, 0) is 31.2 Å². The summed E-state index contributed by atoms with van der Waals surface area (Å²) in [6, 6.07) is 2.77. The molecule has 20 heavy (non-hydrogen) atoms. The van der Waals surface area contributed by atoms with Crippen molar-refractivity contribution in [3.05, 3.63) is 29.6 Å². The molecule has 1 fully saturated rings. The molecule has 1 aromatic carbocycles. The minimum Gasteiger partial charge on any atom is -0.320 e. The highest BCUT2D eigenvalue weighted by Crippen LogP contribution is 2.40. The summed E-state index contributed by atoms with van der Waals surface area (Å²) in [5.74, 6) is -0.832. The molecule has 2 nitrogen and oxygen atoms in total. The smallest absolute Gasteiger partial charge is 0.184 e. The Bertz CT molecular complexity index is 644. The van der Waals surface area contributed by atoms with Crippen molar-refractivity contribution in [1.29, 1.82) is 0 Å². The maximum Gasteiger partial charge on any atom is 0.184 e. The summed E-state index contributed by atoms with van der Waals surface area (Å²) >= 11 is 7.73. The molecular formula is C14H15ClF2N2S. The first kappa shape index (κ1) is 14.1. The lowest BCUT2D eigenvalue weighted by molar-refractivity contribution is 0.490. The van der Waals surface area contributed by atoms with Gasteiger partial charge in [0, 0.05) is 11.3 Å². The number of hydrogen-bond donors (Lipinski definition) is 0. The van der Waals surface area contributed by atoms with E-state index in [1.807, 2.05) is 4.57 Å². The topological polar surface area (TPSA) is 17.8 Å². The Labute approximate surface area is 125 Å². The van der Waals surface area contributed by atoms with Crippen molar-refractivity contribution in [2.45, 2.75) is 36.4 Å². The first-order valence-electron chi connectivity index (χ1n) is 6.61. The standard InChI is InChI=1S/C14H15ClF2N2S/c1-20-11-4-2-3-10(11)19-12(7-15)18-9-6-5-8(16)13(17)14(9)19/h5-6,10-11H,2-4,7H2,1H3. The largest absolute Gasteiger partial charge is 0.320 e. The zero-order valence-corrected chi connectivity index (χ0v) is 12.6. The second kappa shape index (κ2) is 5.53. The van der Waals surface area contributed by atoms with Gasteiger partial charge in [-0.15, -0.1) is 11.6 Å². The van der Waals surface area contributed by atoms with Gasteiger partial charge < -0.3 is 4.57 Å². The van der Waals surface area contributed by atoms with Crippen LogP contribution in [0.5, 0.6) is 0 Å². The van der Waals surface area contributed by atoms with Crippen LogP contribution in [0, 0.1) is 11.6 Å². The molecule has 6 heteroatoms. The monoisotopic (exact) mass is 316 g/mol. The van der Waals surface area contributed by atoms with E-state index in [-0.39, 0.29) is 17.4 Å². The SMILES string of the molecule is CSC1CCCC1n1c(CCl)nc2ccc(F)c(F)c21. The normalized spacial score (nSPS) is 22.8. The third-order valence-electron chi connectivity index (χ3n) is 3.99. The van der Waals surface area contributed by atoms with Crippen LogP contribution in [0.1, 0.15) is 31.1 Å². The zero-order chi connectivity index (χ0) is 14.3. The Morgan fingerprint density at radius 3 is 2.90 bits per heavy atom. The third-order valence-corrected chi connectivity index (χ3v) is 5.38. The lowest BCUT2D eigenvalue weighted by Gasteiger charge is -2.22. The Hall–Kier alpha value is -0.810. The summed E-state index contributed by atoms with van der Waals surface area (Å²) in [6.45, 7) is 0. The van der Waals surface area contributed by atoms with Crippen LogP contribution in [0.3, 0.4) is 0 Å². The molecule has 1 aromatic heterocycles. The zero-order valence-electron chi connectivity index (χ0n) is 11.1. The van der Waals surface area contributed by atoms with Gasteiger partial charge in [-0.2, -0.15) is 11.8 Å². The average molecular weight is 317 g/mol. The van der Waals surface area contributed by atoms with Crippen molar-refractivity contribution < 1.29 is 8.78 Å². The second-order valence-electron chi connectivity index (χ2n) is 5.03. The predicted molar refractivity (Wildman–Crippen MR) is 79.4 cm³/mol. The van der Waals surface area contributed by atoms with E-state index in [0.717, 1.165) is 25.3 Å². The van der Waals surface area contributed by atoms with E-state index in [0.29, 0.717) is 16.6 Å². The fourth-order valence-electron chi connectivity index (χ4n) is 3.10. The van der Waals surface area contributed by atoms with Gasteiger partial charge in [-0.3, -0.25) is 0 Å². The van der Waals surface area contributed by atoms with Crippen molar-refractivity contribution in [3.63, 3.8) is 0 Å². The molecule has 0 bridgehead atoms. The highest BCUT2D eigenvalue weighted by molar-refractivity contribution is 7.99. The van der Waals surface area contributed by atoms with Gasteiger partial charge in [0.1, 0.15) is 11.3 Å². The van der Waals surface area contributed by atoms with Crippen LogP contribution in [0.25, 0.3) is 11.0 Å². The lowest BCUT2D eigenvalue weighted by atomic mass is 10.2. The molecule has 0 amide bonds. The molecule has 1 heterocycles. The van der Waals surface area contributed by atoms with Gasteiger partial charge in [0.25, 0.3) is 0 Å². The number of alkyl halides is 1. The molecule has 0 spiro atoms. The number of halogens is 3. The highest BCUT2D eigenvalue weighted by Gasteiger charge is 2.32. The van der Waals surface area contributed by atoms with Crippen molar-refractivity contribution in [2.75, 3.05) is 6.26 Å². The fourth-order valence-corrected chi connectivity index (χ4v) is 4.26. The predicted octanol–water partition coefficient (Wildman–Crippen LogP) is 4.51. The minimum absolute atomic E-state index is 0.139. The number of imidazole rings is 1. The van der Waals surface area contributed by atoms with Crippen LogP contribution in [0.2, 0.25) is 0 Å². The molecule has 0 N–H and O–H groups in total. The van der Waals surface area contributed by atoms with Crippen molar-refractivity contribution in [2.24, 2.45) is 0 Å². The van der Waals surface area contributed by atoms with Crippen LogP contribution in [-0.4, -0.2) is 21.1 Å². The molecule has 1 aliphatic carbocycles. The van der Waals surface area contributed by atoms with Gasteiger partial charge in [0.15, 0.2) is 11.6 Å². The average Bonchev–Trinajstić information content (AvgIpc) is 3.05. The van der Waals surface area contributed by atoms with Gasteiger partial charge in [0.05, 0.1) is 11.4 Å². The summed E-state index contributed by atoms with van der Waals surface area (Å²) in [5.41, 5.74) is 0.734. The van der Waals surface area contributed by atoms with Crippen LogP contribution in [0.15, 0.2) is 12.1 Å². The van der Waals surface area contributed by atoms with Gasteiger partial charge in [-0.1, -0.05) is 6.42 Å². The summed E-state index contributed by atoms with van der Waals surface area (Å²) in [6.07, 6.45) is 5.19. The van der Waals surface area contributed by atoms with E-state index < -0.39 is 11.6 Å². The molecule has 3 rings (SSSR count). The highest BCUT2D eigenvalue weighted by atomic mass is 35.5. The van der Waals surface area contributed by atoms with Crippen LogP contribution in [0.4, 0.5) is 8.78 Å². The first-order chi connectivity index (χ1) is 9.67. The number of benzene rings is 1. The number of thioether (sulfide) groups is 1. The molecule has 0 aliphatic heterocycles. The molecule has 1 saturated carbocycles. The van der Waals surface area contributed by atoms with Crippen LogP contribution >= 0.6 is 23.4 Å². The Balaban J connectivity index is 2.24. The lowest BCUT2D eigenvalue weighted by Crippen LogP contribution is -2.18. The summed E-state index contributed by atoms with van der Waals surface area (Å²) in [7, 11) is 0. The quantitative estimate of drug-likeness (QED) is 0.775. The number of hydrogen-bond acceptors (Lipinski definition) is 2. The maximum atomic E-state index is 14.2. The van der Waals surface area contributed by atoms with E-state index >= 15 is 0 Å². The molecule has 0 saturated heterocycles. The van der Waals surface area contributed by atoms with Gasteiger partial charge in [0.2, 0.25) is 0 Å².